The SMILES string of the molecule is COC(=O)c1n[nH]n(-c2ccc(C(C)C)cc2)c1=O. The first-order valence-electron chi connectivity index (χ1n) is 5.90. The Hall–Kier alpha value is -2.37. The summed E-state index contributed by atoms with van der Waals surface area (Å²) in [6.45, 7) is 4.18. The number of carbonyl (C=O) groups is 1. The van der Waals surface area contributed by atoms with Gasteiger partial charge in [-0.15, -0.1) is 5.10 Å². The number of H-pyrrole nitrogens is 1. The fourth-order valence-electron chi connectivity index (χ4n) is 1.71. The van der Waals surface area contributed by atoms with Crippen molar-refractivity contribution in [2.75, 3.05) is 7.11 Å². The molecule has 6 nitrogen and oxygen atoms in total. The maximum Gasteiger partial charge on any atom is 0.364 e. The van der Waals surface area contributed by atoms with Crippen LogP contribution in [0.1, 0.15) is 35.8 Å². The molecule has 1 heterocycles. The number of ether oxygens (including phenoxy) is 1. The zero-order chi connectivity index (χ0) is 14.0. The first kappa shape index (κ1) is 13.1. The third kappa shape index (κ3) is 2.42. The van der Waals surface area contributed by atoms with Crippen LogP contribution in [-0.4, -0.2) is 28.1 Å². The summed E-state index contributed by atoms with van der Waals surface area (Å²) >= 11 is 0. The van der Waals surface area contributed by atoms with E-state index in [9.17, 15) is 9.59 Å². The molecule has 0 radical (unpaired) electrons. The van der Waals surface area contributed by atoms with Crippen molar-refractivity contribution in [1.82, 2.24) is 15.0 Å². The maximum absolute atomic E-state index is 12.0. The van der Waals surface area contributed by atoms with Gasteiger partial charge in [-0.3, -0.25) is 4.79 Å². The predicted molar refractivity (Wildman–Crippen MR) is 69.6 cm³/mol. The van der Waals surface area contributed by atoms with E-state index in [0.717, 1.165) is 0 Å². The summed E-state index contributed by atoms with van der Waals surface area (Å²) in [6.07, 6.45) is 0. The lowest BCUT2D eigenvalue weighted by molar-refractivity contribution is 0.0592. The average Bonchev–Trinajstić information content (AvgIpc) is 2.80. The number of carbonyl (C=O) groups excluding carboxylic acids is 1. The summed E-state index contributed by atoms with van der Waals surface area (Å²) in [7, 11) is 1.21. The lowest BCUT2D eigenvalue weighted by Crippen LogP contribution is -2.21. The monoisotopic (exact) mass is 261 g/mol. The molecule has 0 saturated heterocycles. The van der Waals surface area contributed by atoms with Gasteiger partial charge < -0.3 is 4.74 Å². The minimum Gasteiger partial charge on any atom is -0.464 e. The van der Waals surface area contributed by atoms with Crippen LogP contribution in [0.25, 0.3) is 5.69 Å². The molecule has 0 amide bonds. The van der Waals surface area contributed by atoms with Crippen molar-refractivity contribution in [1.29, 1.82) is 0 Å². The normalized spacial score (nSPS) is 10.7. The van der Waals surface area contributed by atoms with Crippen LogP contribution in [-0.2, 0) is 4.74 Å². The van der Waals surface area contributed by atoms with Crippen molar-refractivity contribution < 1.29 is 9.53 Å². The van der Waals surface area contributed by atoms with Crippen LogP contribution in [0.15, 0.2) is 29.1 Å². The highest BCUT2D eigenvalue weighted by molar-refractivity contribution is 5.86. The van der Waals surface area contributed by atoms with Crippen LogP contribution in [0.4, 0.5) is 0 Å². The van der Waals surface area contributed by atoms with Gasteiger partial charge >= 0.3 is 11.5 Å². The molecule has 100 valence electrons. The van der Waals surface area contributed by atoms with Gasteiger partial charge in [0.25, 0.3) is 0 Å². The largest absolute Gasteiger partial charge is 0.464 e. The number of methoxy groups -OCH3 is 1. The molecule has 0 atom stereocenters. The van der Waals surface area contributed by atoms with E-state index in [0.29, 0.717) is 11.6 Å². The van der Waals surface area contributed by atoms with Gasteiger partial charge in [0.15, 0.2) is 0 Å². The van der Waals surface area contributed by atoms with Gasteiger partial charge in [0.2, 0.25) is 5.69 Å². The molecule has 1 aromatic carbocycles. The van der Waals surface area contributed by atoms with E-state index < -0.39 is 11.5 Å². The Bertz CT molecular complexity index is 638. The van der Waals surface area contributed by atoms with Gasteiger partial charge in [-0.1, -0.05) is 26.0 Å². The molecule has 0 saturated carbocycles. The van der Waals surface area contributed by atoms with Crippen LogP contribution in [0.5, 0.6) is 0 Å². The van der Waals surface area contributed by atoms with Gasteiger partial charge in [0, 0.05) is 0 Å². The number of benzene rings is 1. The minimum atomic E-state index is -0.751. The lowest BCUT2D eigenvalue weighted by atomic mass is 10.0. The number of esters is 1. The maximum atomic E-state index is 12.0. The van der Waals surface area contributed by atoms with E-state index in [4.69, 9.17) is 0 Å². The molecule has 0 bridgehead atoms. The predicted octanol–water partition coefficient (Wildman–Crippen LogP) is 1.47. The third-order valence-corrected chi connectivity index (χ3v) is 2.86. The molecular weight excluding hydrogens is 246 g/mol. The Morgan fingerprint density at radius 3 is 2.47 bits per heavy atom. The first-order valence-corrected chi connectivity index (χ1v) is 5.90. The Balaban J connectivity index is 2.40. The molecule has 0 aliphatic carbocycles. The highest BCUT2D eigenvalue weighted by Gasteiger charge is 2.17. The quantitative estimate of drug-likeness (QED) is 0.849. The summed E-state index contributed by atoms with van der Waals surface area (Å²) in [5.74, 6) is -0.336. The van der Waals surface area contributed by atoms with Gasteiger partial charge in [0.05, 0.1) is 12.8 Å². The second-order valence-corrected chi connectivity index (χ2v) is 4.44. The van der Waals surface area contributed by atoms with E-state index >= 15 is 0 Å². The topological polar surface area (TPSA) is 77.0 Å². The molecule has 0 unspecified atom stereocenters. The molecule has 0 aliphatic heterocycles. The zero-order valence-electron chi connectivity index (χ0n) is 11.0. The molecule has 0 aliphatic rings. The Morgan fingerprint density at radius 1 is 1.32 bits per heavy atom. The van der Waals surface area contributed by atoms with E-state index in [-0.39, 0.29) is 5.69 Å². The number of nitrogens with zero attached hydrogens (tertiary/aromatic N) is 2. The summed E-state index contributed by atoms with van der Waals surface area (Å²) in [4.78, 5) is 23.3. The Kier molecular flexibility index (Phi) is 3.50. The number of aromatic amines is 1. The van der Waals surface area contributed by atoms with Crippen LogP contribution >= 0.6 is 0 Å². The van der Waals surface area contributed by atoms with Crippen LogP contribution in [0.2, 0.25) is 0 Å². The third-order valence-electron chi connectivity index (χ3n) is 2.86. The highest BCUT2D eigenvalue weighted by atomic mass is 16.5. The van der Waals surface area contributed by atoms with Gasteiger partial charge in [0.1, 0.15) is 0 Å². The van der Waals surface area contributed by atoms with Crippen LogP contribution in [0, 0.1) is 0 Å². The number of hydrogen-bond acceptors (Lipinski definition) is 4. The summed E-state index contributed by atoms with van der Waals surface area (Å²) in [5.41, 5.74) is 1.01. The zero-order valence-corrected chi connectivity index (χ0v) is 11.0. The van der Waals surface area contributed by atoms with Crippen molar-refractivity contribution in [3.05, 3.63) is 45.9 Å². The van der Waals surface area contributed by atoms with Gasteiger partial charge in [-0.2, -0.15) is 0 Å². The van der Waals surface area contributed by atoms with Crippen LogP contribution in [0.3, 0.4) is 0 Å². The number of nitrogens with one attached hydrogen (secondary N) is 1. The van der Waals surface area contributed by atoms with Gasteiger partial charge in [-0.05, 0) is 23.6 Å². The van der Waals surface area contributed by atoms with E-state index in [1.54, 1.807) is 12.1 Å². The molecule has 2 rings (SSSR count). The molecule has 0 spiro atoms. The smallest absolute Gasteiger partial charge is 0.364 e. The van der Waals surface area contributed by atoms with Crippen LogP contribution < -0.4 is 5.56 Å². The molecular formula is C13H15N3O3. The van der Waals surface area contributed by atoms with Gasteiger partial charge in [-0.25, -0.2) is 14.7 Å². The molecule has 6 heteroatoms. The van der Waals surface area contributed by atoms with E-state index in [2.05, 4.69) is 28.9 Å². The van der Waals surface area contributed by atoms with Crippen molar-refractivity contribution in [3.8, 4) is 5.69 Å². The standard InChI is InChI=1S/C13H15N3O3/c1-8(2)9-4-6-10(7-5-9)16-12(17)11(14-15-16)13(18)19-3/h4-8,15H,1-3H3. The average molecular weight is 261 g/mol. The molecule has 2 aromatic rings. The number of rotatable bonds is 3. The molecule has 1 N–H and O–H groups in total. The van der Waals surface area contributed by atoms with E-state index in [1.807, 2.05) is 12.1 Å². The number of hydrogen-bond donors (Lipinski definition) is 1. The minimum absolute atomic E-state index is 0.254. The molecule has 1 aromatic heterocycles. The number of aromatic nitrogens is 3. The molecule has 0 fully saturated rings. The second kappa shape index (κ2) is 5.09. The second-order valence-electron chi connectivity index (χ2n) is 4.44. The fourth-order valence-corrected chi connectivity index (χ4v) is 1.71. The molecule has 19 heavy (non-hydrogen) atoms. The van der Waals surface area contributed by atoms with E-state index in [1.165, 1.54) is 17.4 Å². The lowest BCUT2D eigenvalue weighted by Gasteiger charge is -2.06. The Labute approximate surface area is 110 Å². The Morgan fingerprint density at radius 2 is 1.95 bits per heavy atom. The summed E-state index contributed by atoms with van der Waals surface area (Å²) in [6, 6.07) is 7.47. The van der Waals surface area contributed by atoms with Crippen molar-refractivity contribution in [2.24, 2.45) is 0 Å². The van der Waals surface area contributed by atoms with Crippen molar-refractivity contribution >= 4 is 5.97 Å². The fraction of sp³-hybridized carbons (Fsp3) is 0.308. The van der Waals surface area contributed by atoms with Crippen molar-refractivity contribution in [3.63, 3.8) is 0 Å². The summed E-state index contributed by atoms with van der Waals surface area (Å²) in [5, 5.41) is 6.18. The highest BCUT2D eigenvalue weighted by Crippen LogP contribution is 2.15. The van der Waals surface area contributed by atoms with Crippen molar-refractivity contribution in [2.45, 2.75) is 19.8 Å². The summed E-state index contributed by atoms with van der Waals surface area (Å²) < 4.78 is 5.69. The first-order chi connectivity index (χ1) is 9.04.